The van der Waals surface area contributed by atoms with Crippen LogP contribution in [0, 0.1) is 13.8 Å². The van der Waals surface area contributed by atoms with Gasteiger partial charge in [0.25, 0.3) is 0 Å². The van der Waals surface area contributed by atoms with Gasteiger partial charge in [0.05, 0.1) is 5.56 Å². The van der Waals surface area contributed by atoms with Gasteiger partial charge < -0.3 is 4.42 Å². The maximum Gasteiger partial charge on any atom is 0.416 e. The van der Waals surface area contributed by atoms with Crippen LogP contribution < -0.4 is 5.63 Å². The SMILES string of the molecule is Cc1cc2oc(=O)cc(CN(C)Cc3ccccc3C(F)(F)F)c2cc1C. The summed E-state index contributed by atoms with van der Waals surface area (Å²) in [6, 6.07) is 10.7. The van der Waals surface area contributed by atoms with Gasteiger partial charge in [-0.1, -0.05) is 18.2 Å². The third-order valence-electron chi connectivity index (χ3n) is 4.65. The first-order chi connectivity index (χ1) is 12.6. The van der Waals surface area contributed by atoms with Crippen LogP contribution in [0.2, 0.25) is 0 Å². The standard InChI is InChI=1S/C21H20F3NO2/c1-13-8-17-16(10-20(26)27-19(17)9-14(13)2)12-25(3)11-15-6-4-5-7-18(15)21(22,23)24/h4-10H,11-12H2,1-3H3. The molecule has 0 radical (unpaired) electrons. The first-order valence-electron chi connectivity index (χ1n) is 8.53. The summed E-state index contributed by atoms with van der Waals surface area (Å²) >= 11 is 0. The molecule has 0 saturated heterocycles. The van der Waals surface area contributed by atoms with Crippen LogP contribution in [-0.2, 0) is 19.3 Å². The molecule has 2 aromatic carbocycles. The van der Waals surface area contributed by atoms with Crippen molar-refractivity contribution in [3.05, 3.63) is 80.7 Å². The van der Waals surface area contributed by atoms with Crippen LogP contribution in [-0.4, -0.2) is 11.9 Å². The topological polar surface area (TPSA) is 33.5 Å². The van der Waals surface area contributed by atoms with E-state index in [0.29, 0.717) is 12.1 Å². The lowest BCUT2D eigenvalue weighted by Gasteiger charge is -2.20. The summed E-state index contributed by atoms with van der Waals surface area (Å²) in [5, 5.41) is 0.800. The molecule has 1 aromatic heterocycles. The van der Waals surface area contributed by atoms with Crippen molar-refractivity contribution in [2.75, 3.05) is 7.05 Å². The molecule has 0 aliphatic rings. The fourth-order valence-corrected chi connectivity index (χ4v) is 3.19. The highest BCUT2D eigenvalue weighted by Gasteiger charge is 2.33. The molecule has 27 heavy (non-hydrogen) atoms. The van der Waals surface area contributed by atoms with Gasteiger partial charge in [-0.05, 0) is 61.3 Å². The molecule has 0 unspecified atom stereocenters. The van der Waals surface area contributed by atoms with Gasteiger partial charge >= 0.3 is 11.8 Å². The molecule has 142 valence electrons. The largest absolute Gasteiger partial charge is 0.423 e. The van der Waals surface area contributed by atoms with Gasteiger partial charge in [0.2, 0.25) is 0 Å². The smallest absolute Gasteiger partial charge is 0.416 e. The lowest BCUT2D eigenvalue weighted by atomic mass is 10.0. The van der Waals surface area contributed by atoms with Crippen molar-refractivity contribution in [2.24, 2.45) is 0 Å². The molecule has 3 nitrogen and oxygen atoms in total. The fraction of sp³-hybridized carbons (Fsp3) is 0.286. The second kappa shape index (κ2) is 7.19. The zero-order valence-corrected chi connectivity index (χ0v) is 15.4. The average Bonchev–Trinajstić information content (AvgIpc) is 2.56. The molecule has 0 bridgehead atoms. The van der Waals surface area contributed by atoms with E-state index >= 15 is 0 Å². The van der Waals surface area contributed by atoms with Crippen LogP contribution in [0.3, 0.4) is 0 Å². The van der Waals surface area contributed by atoms with Gasteiger partial charge in [0.1, 0.15) is 5.58 Å². The van der Waals surface area contributed by atoms with Crippen LogP contribution in [0.4, 0.5) is 13.2 Å². The van der Waals surface area contributed by atoms with E-state index in [1.54, 1.807) is 18.0 Å². The molecule has 0 atom stereocenters. The van der Waals surface area contributed by atoms with Crippen molar-refractivity contribution in [1.29, 1.82) is 0 Å². The molecule has 0 spiro atoms. The predicted octanol–water partition coefficient (Wildman–Crippen LogP) is 5.06. The van der Waals surface area contributed by atoms with Crippen LogP contribution in [0.1, 0.15) is 27.8 Å². The molecular weight excluding hydrogens is 355 g/mol. The lowest BCUT2D eigenvalue weighted by Crippen LogP contribution is -2.21. The molecule has 3 rings (SSSR count). The number of benzene rings is 2. The summed E-state index contributed by atoms with van der Waals surface area (Å²) in [5.41, 5.74) is 2.39. The van der Waals surface area contributed by atoms with Crippen LogP contribution in [0.25, 0.3) is 11.0 Å². The van der Waals surface area contributed by atoms with Crippen molar-refractivity contribution in [2.45, 2.75) is 33.1 Å². The van der Waals surface area contributed by atoms with E-state index in [4.69, 9.17) is 4.42 Å². The lowest BCUT2D eigenvalue weighted by molar-refractivity contribution is -0.138. The van der Waals surface area contributed by atoms with Gasteiger partial charge in [-0.15, -0.1) is 0 Å². The Hall–Kier alpha value is -2.60. The average molecular weight is 375 g/mol. The highest BCUT2D eigenvalue weighted by molar-refractivity contribution is 5.81. The first kappa shape index (κ1) is 19.2. The Balaban J connectivity index is 1.93. The van der Waals surface area contributed by atoms with Crippen LogP contribution in [0.5, 0.6) is 0 Å². The second-order valence-corrected chi connectivity index (χ2v) is 6.85. The van der Waals surface area contributed by atoms with Crippen molar-refractivity contribution in [3.8, 4) is 0 Å². The number of hydrogen-bond donors (Lipinski definition) is 0. The van der Waals surface area contributed by atoms with Gasteiger partial charge in [0.15, 0.2) is 0 Å². The maximum absolute atomic E-state index is 13.2. The molecular formula is C21H20F3NO2. The predicted molar refractivity (Wildman–Crippen MR) is 98.6 cm³/mol. The Morgan fingerprint density at radius 3 is 2.30 bits per heavy atom. The zero-order valence-electron chi connectivity index (χ0n) is 15.4. The summed E-state index contributed by atoms with van der Waals surface area (Å²) in [7, 11) is 1.73. The van der Waals surface area contributed by atoms with E-state index in [2.05, 4.69) is 0 Å². The number of nitrogens with zero attached hydrogens (tertiary/aromatic N) is 1. The monoisotopic (exact) mass is 375 g/mol. The summed E-state index contributed by atoms with van der Waals surface area (Å²) in [6.45, 7) is 4.34. The van der Waals surface area contributed by atoms with E-state index in [1.807, 2.05) is 26.0 Å². The number of rotatable bonds is 4. The highest BCUT2D eigenvalue weighted by atomic mass is 19.4. The second-order valence-electron chi connectivity index (χ2n) is 6.85. The minimum atomic E-state index is -4.40. The Kier molecular flexibility index (Phi) is 5.11. The maximum atomic E-state index is 13.2. The summed E-state index contributed by atoms with van der Waals surface area (Å²) in [6.07, 6.45) is -4.40. The van der Waals surface area contributed by atoms with Crippen molar-refractivity contribution in [3.63, 3.8) is 0 Å². The summed E-state index contributed by atoms with van der Waals surface area (Å²) in [5.74, 6) is 0. The summed E-state index contributed by atoms with van der Waals surface area (Å²) < 4.78 is 44.9. The zero-order chi connectivity index (χ0) is 19.8. The van der Waals surface area contributed by atoms with Gasteiger partial charge in [-0.25, -0.2) is 4.79 Å². The van der Waals surface area contributed by atoms with Crippen molar-refractivity contribution >= 4 is 11.0 Å². The van der Waals surface area contributed by atoms with Gasteiger partial charge in [0, 0.05) is 24.5 Å². The molecule has 0 aliphatic heterocycles. The first-order valence-corrected chi connectivity index (χ1v) is 8.53. The normalized spacial score (nSPS) is 12.1. The molecule has 0 fully saturated rings. The van der Waals surface area contributed by atoms with E-state index < -0.39 is 17.4 Å². The minimum absolute atomic E-state index is 0.113. The molecule has 0 amide bonds. The number of aryl methyl sites for hydroxylation is 2. The van der Waals surface area contributed by atoms with E-state index in [1.165, 1.54) is 18.2 Å². The Bertz CT molecular complexity index is 1040. The van der Waals surface area contributed by atoms with Crippen molar-refractivity contribution in [1.82, 2.24) is 4.90 Å². The Morgan fingerprint density at radius 1 is 0.963 bits per heavy atom. The Morgan fingerprint density at radius 2 is 1.59 bits per heavy atom. The van der Waals surface area contributed by atoms with Crippen LogP contribution in [0.15, 0.2) is 51.7 Å². The quantitative estimate of drug-likeness (QED) is 0.598. The fourth-order valence-electron chi connectivity index (χ4n) is 3.19. The molecule has 6 heteroatoms. The number of hydrogen-bond acceptors (Lipinski definition) is 3. The van der Waals surface area contributed by atoms with E-state index in [-0.39, 0.29) is 12.1 Å². The molecule has 0 N–H and O–H groups in total. The van der Waals surface area contributed by atoms with Crippen LogP contribution >= 0.6 is 0 Å². The Labute approximate surface area is 155 Å². The minimum Gasteiger partial charge on any atom is -0.423 e. The highest BCUT2D eigenvalue weighted by Crippen LogP contribution is 2.32. The van der Waals surface area contributed by atoms with Gasteiger partial charge in [-0.3, -0.25) is 4.90 Å². The molecule has 3 aromatic rings. The van der Waals surface area contributed by atoms with E-state index in [9.17, 15) is 18.0 Å². The third-order valence-corrected chi connectivity index (χ3v) is 4.65. The number of fused-ring (bicyclic) bond motifs is 1. The number of halogens is 3. The van der Waals surface area contributed by atoms with E-state index in [0.717, 1.165) is 28.1 Å². The molecule has 0 aliphatic carbocycles. The summed E-state index contributed by atoms with van der Waals surface area (Å²) in [4.78, 5) is 13.6. The molecule has 0 saturated carbocycles. The number of alkyl halides is 3. The molecule has 1 heterocycles. The third kappa shape index (κ3) is 4.22. The van der Waals surface area contributed by atoms with Crippen molar-refractivity contribution < 1.29 is 17.6 Å². The van der Waals surface area contributed by atoms with Gasteiger partial charge in [-0.2, -0.15) is 13.2 Å².